The lowest BCUT2D eigenvalue weighted by atomic mass is 10.1. The summed E-state index contributed by atoms with van der Waals surface area (Å²) in [7, 11) is 3.18. The lowest BCUT2D eigenvalue weighted by molar-refractivity contribution is 0.213. The van der Waals surface area contributed by atoms with Crippen molar-refractivity contribution in [2.45, 2.75) is 5.37 Å². The number of hydrogen-bond donors (Lipinski definition) is 1. The summed E-state index contributed by atoms with van der Waals surface area (Å²) in [6.45, 7) is 0.589. The van der Waals surface area contributed by atoms with Gasteiger partial charge in [-0.3, -0.25) is 0 Å². The number of methoxy groups -OCH3 is 2. The minimum absolute atomic E-state index is 0.0352. The molecule has 26 heavy (non-hydrogen) atoms. The molecule has 1 heterocycles. The number of halogens is 2. The van der Waals surface area contributed by atoms with Gasteiger partial charge in [0.2, 0.25) is 0 Å². The van der Waals surface area contributed by atoms with Gasteiger partial charge in [-0.15, -0.1) is 11.8 Å². The van der Waals surface area contributed by atoms with Crippen LogP contribution in [0.3, 0.4) is 0 Å². The van der Waals surface area contributed by atoms with Gasteiger partial charge in [0.25, 0.3) is 0 Å². The van der Waals surface area contributed by atoms with E-state index in [0.717, 1.165) is 11.3 Å². The van der Waals surface area contributed by atoms with E-state index in [2.05, 4.69) is 5.32 Å². The molecule has 0 saturated carbocycles. The Morgan fingerprint density at radius 3 is 2.77 bits per heavy atom. The van der Waals surface area contributed by atoms with Crippen molar-refractivity contribution in [2.24, 2.45) is 0 Å². The molecule has 2 amide bonds. The van der Waals surface area contributed by atoms with Crippen LogP contribution in [0.1, 0.15) is 10.9 Å². The molecule has 2 aromatic carbocycles. The van der Waals surface area contributed by atoms with Crippen molar-refractivity contribution in [2.75, 3.05) is 31.8 Å². The number of urea groups is 1. The minimum Gasteiger partial charge on any atom is -0.497 e. The van der Waals surface area contributed by atoms with Crippen LogP contribution in [0.4, 0.5) is 14.9 Å². The van der Waals surface area contributed by atoms with Crippen molar-refractivity contribution in [1.82, 2.24) is 4.90 Å². The highest BCUT2D eigenvalue weighted by Crippen LogP contribution is 2.43. The van der Waals surface area contributed by atoms with Crippen molar-refractivity contribution < 1.29 is 18.7 Å². The van der Waals surface area contributed by atoms with E-state index in [1.54, 1.807) is 36.9 Å². The van der Waals surface area contributed by atoms with E-state index < -0.39 is 5.82 Å². The van der Waals surface area contributed by atoms with E-state index in [4.69, 9.17) is 21.1 Å². The average Bonchev–Trinajstić information content (AvgIpc) is 3.13. The lowest BCUT2D eigenvalue weighted by Crippen LogP contribution is -2.34. The molecule has 8 heteroatoms. The molecule has 138 valence electrons. The first-order valence-electron chi connectivity index (χ1n) is 7.89. The van der Waals surface area contributed by atoms with Gasteiger partial charge in [0.05, 0.1) is 19.2 Å². The molecular formula is C18H18ClFN2O3S. The summed E-state index contributed by atoms with van der Waals surface area (Å²) < 4.78 is 24.0. The number of carbonyl (C=O) groups is 1. The third-order valence-electron chi connectivity index (χ3n) is 4.03. The Morgan fingerprint density at radius 2 is 2.08 bits per heavy atom. The third kappa shape index (κ3) is 3.83. The average molecular weight is 397 g/mol. The topological polar surface area (TPSA) is 50.8 Å². The molecule has 2 aromatic rings. The first-order chi connectivity index (χ1) is 12.5. The highest BCUT2D eigenvalue weighted by molar-refractivity contribution is 7.99. The SMILES string of the molecule is COc1ccc(C2SCCN2C(=O)Nc2ccc(F)c(Cl)c2)c(OC)c1. The van der Waals surface area contributed by atoms with Crippen LogP contribution < -0.4 is 14.8 Å². The van der Waals surface area contributed by atoms with Gasteiger partial charge in [-0.1, -0.05) is 11.6 Å². The maximum atomic E-state index is 13.3. The van der Waals surface area contributed by atoms with Crippen LogP contribution in [0, 0.1) is 5.82 Å². The number of carbonyl (C=O) groups excluding carboxylic acids is 1. The Labute approximate surface area is 160 Å². The first kappa shape index (κ1) is 18.7. The summed E-state index contributed by atoms with van der Waals surface area (Å²) >= 11 is 7.43. The van der Waals surface area contributed by atoms with E-state index >= 15 is 0 Å². The highest BCUT2D eigenvalue weighted by atomic mass is 35.5. The molecule has 1 aliphatic rings. The first-order valence-corrected chi connectivity index (χ1v) is 9.32. The fourth-order valence-electron chi connectivity index (χ4n) is 2.73. The molecule has 1 aliphatic heterocycles. The molecule has 1 saturated heterocycles. The molecule has 0 radical (unpaired) electrons. The standard InChI is InChI=1S/C18H18ClFN2O3S/c1-24-12-4-5-13(16(10-12)25-2)17-22(7-8-26-17)18(23)21-11-3-6-15(20)14(19)9-11/h3-6,9-10,17H,7-8H2,1-2H3,(H,21,23). The second-order valence-electron chi connectivity index (χ2n) is 5.58. The van der Waals surface area contributed by atoms with Gasteiger partial charge in [-0.2, -0.15) is 0 Å². The number of hydrogen-bond acceptors (Lipinski definition) is 4. The van der Waals surface area contributed by atoms with Crippen LogP contribution in [0.2, 0.25) is 5.02 Å². The Kier molecular flexibility index (Phi) is 5.78. The molecule has 1 unspecified atom stereocenters. The number of rotatable bonds is 4. The predicted octanol–water partition coefficient (Wildman–Crippen LogP) is 4.78. The summed E-state index contributed by atoms with van der Waals surface area (Å²) in [6, 6.07) is 9.35. The van der Waals surface area contributed by atoms with Crippen molar-refractivity contribution in [3.63, 3.8) is 0 Å². The fraction of sp³-hybridized carbons (Fsp3) is 0.278. The smallest absolute Gasteiger partial charge is 0.323 e. The Morgan fingerprint density at radius 1 is 1.27 bits per heavy atom. The van der Waals surface area contributed by atoms with E-state index in [1.807, 2.05) is 12.1 Å². The number of benzene rings is 2. The van der Waals surface area contributed by atoms with Gasteiger partial charge in [-0.05, 0) is 30.3 Å². The zero-order valence-electron chi connectivity index (χ0n) is 14.3. The van der Waals surface area contributed by atoms with E-state index in [1.165, 1.54) is 18.2 Å². The summed E-state index contributed by atoms with van der Waals surface area (Å²) in [5.41, 5.74) is 1.34. The van der Waals surface area contributed by atoms with Crippen LogP contribution >= 0.6 is 23.4 Å². The molecule has 1 N–H and O–H groups in total. The second-order valence-corrected chi connectivity index (χ2v) is 7.18. The zero-order chi connectivity index (χ0) is 18.7. The lowest BCUT2D eigenvalue weighted by Gasteiger charge is -2.26. The van der Waals surface area contributed by atoms with Gasteiger partial charge in [0, 0.05) is 29.6 Å². The molecule has 0 bridgehead atoms. The quantitative estimate of drug-likeness (QED) is 0.808. The number of thioether (sulfide) groups is 1. The van der Waals surface area contributed by atoms with E-state index in [0.29, 0.717) is 23.7 Å². The summed E-state index contributed by atoms with van der Waals surface area (Å²) in [4.78, 5) is 14.4. The van der Waals surface area contributed by atoms with Gasteiger partial charge in [-0.25, -0.2) is 9.18 Å². The zero-order valence-corrected chi connectivity index (χ0v) is 15.9. The van der Waals surface area contributed by atoms with Crippen molar-refractivity contribution >= 4 is 35.1 Å². The van der Waals surface area contributed by atoms with Crippen LogP contribution in [0.25, 0.3) is 0 Å². The molecule has 0 aromatic heterocycles. The maximum absolute atomic E-state index is 13.3. The third-order valence-corrected chi connectivity index (χ3v) is 5.56. The largest absolute Gasteiger partial charge is 0.497 e. The summed E-state index contributed by atoms with van der Waals surface area (Å²) in [5, 5.41) is 2.55. The molecule has 1 fully saturated rings. The molecule has 1 atom stereocenters. The molecule has 5 nitrogen and oxygen atoms in total. The molecular weight excluding hydrogens is 379 g/mol. The Bertz CT molecular complexity index is 821. The summed E-state index contributed by atoms with van der Waals surface area (Å²) in [6.07, 6.45) is 0. The number of nitrogens with zero attached hydrogens (tertiary/aromatic N) is 1. The van der Waals surface area contributed by atoms with Gasteiger partial charge < -0.3 is 19.7 Å². The van der Waals surface area contributed by atoms with Crippen molar-refractivity contribution in [1.29, 1.82) is 0 Å². The van der Waals surface area contributed by atoms with Gasteiger partial charge >= 0.3 is 6.03 Å². The fourth-order valence-corrected chi connectivity index (χ4v) is 4.19. The Balaban J connectivity index is 1.81. The monoisotopic (exact) mass is 396 g/mol. The molecule has 0 aliphatic carbocycles. The minimum atomic E-state index is -0.526. The van der Waals surface area contributed by atoms with Crippen molar-refractivity contribution in [3.8, 4) is 11.5 Å². The number of ether oxygens (including phenoxy) is 2. The Hall–Kier alpha value is -2.12. The van der Waals surface area contributed by atoms with Crippen LogP contribution in [0.15, 0.2) is 36.4 Å². The molecule has 0 spiro atoms. The number of amides is 2. The van der Waals surface area contributed by atoms with E-state index in [-0.39, 0.29) is 16.4 Å². The van der Waals surface area contributed by atoms with Crippen LogP contribution in [0.5, 0.6) is 11.5 Å². The van der Waals surface area contributed by atoms with Crippen LogP contribution in [-0.4, -0.2) is 37.4 Å². The number of nitrogens with one attached hydrogen (secondary N) is 1. The highest BCUT2D eigenvalue weighted by Gasteiger charge is 2.33. The van der Waals surface area contributed by atoms with E-state index in [9.17, 15) is 9.18 Å². The maximum Gasteiger partial charge on any atom is 0.323 e. The normalized spacial score (nSPS) is 16.5. The van der Waals surface area contributed by atoms with Crippen molar-refractivity contribution in [3.05, 3.63) is 52.8 Å². The van der Waals surface area contributed by atoms with Crippen LogP contribution in [-0.2, 0) is 0 Å². The molecule has 3 rings (SSSR count). The van der Waals surface area contributed by atoms with Gasteiger partial charge in [0.1, 0.15) is 22.7 Å². The predicted molar refractivity (Wildman–Crippen MR) is 102 cm³/mol. The number of anilines is 1. The summed E-state index contributed by atoms with van der Waals surface area (Å²) in [5.74, 6) is 1.62. The van der Waals surface area contributed by atoms with Gasteiger partial charge in [0.15, 0.2) is 0 Å². The second kappa shape index (κ2) is 8.05.